The fourth-order valence-corrected chi connectivity index (χ4v) is 2.61. The number of hydrogen-bond donors (Lipinski definition) is 1. The number of non-ortho nitro benzene ring substituents is 1. The van der Waals surface area contributed by atoms with Crippen LogP contribution in [0.3, 0.4) is 0 Å². The second kappa shape index (κ2) is 7.06. The second-order valence-corrected chi connectivity index (χ2v) is 5.22. The molecule has 0 spiro atoms. The average molecular weight is 291 g/mol. The summed E-state index contributed by atoms with van der Waals surface area (Å²) in [5.41, 5.74) is 1.01. The third-order valence-corrected chi connectivity index (χ3v) is 3.70. The minimum atomic E-state index is -0.463. The quantitative estimate of drug-likeness (QED) is 0.683. The molecule has 0 unspecified atom stereocenters. The number of rotatable bonds is 4. The molecule has 6 heteroatoms. The molecule has 1 aromatic carbocycles. The van der Waals surface area contributed by atoms with Gasteiger partial charge in [0.2, 0.25) is 0 Å². The highest BCUT2D eigenvalue weighted by atomic mass is 16.6. The molecular formula is C15H21N3O3. The van der Waals surface area contributed by atoms with Crippen LogP contribution in [0.25, 0.3) is 0 Å². The first-order chi connectivity index (χ1) is 10.1. The number of nitro groups is 1. The molecule has 0 saturated carbocycles. The van der Waals surface area contributed by atoms with E-state index in [-0.39, 0.29) is 11.6 Å². The first-order valence-electron chi connectivity index (χ1n) is 7.45. The average Bonchev–Trinajstić information content (AvgIpc) is 2.76. The van der Waals surface area contributed by atoms with Crippen molar-refractivity contribution in [2.45, 2.75) is 32.6 Å². The summed E-state index contributed by atoms with van der Waals surface area (Å²) < 4.78 is 0. The van der Waals surface area contributed by atoms with E-state index in [9.17, 15) is 14.9 Å². The van der Waals surface area contributed by atoms with Gasteiger partial charge in [0.1, 0.15) is 0 Å². The maximum atomic E-state index is 12.7. The first-order valence-corrected chi connectivity index (χ1v) is 7.45. The SMILES string of the molecule is CCNc1ccc([N+](=O)[O-])cc1C(=O)N1CCCCCC1. The number of nitrogens with one attached hydrogen (secondary N) is 1. The number of carbonyl (C=O) groups excluding carboxylic acids is 1. The standard InChI is InChI=1S/C15H21N3O3/c1-2-16-14-8-7-12(18(20)21)11-13(14)15(19)17-9-5-3-4-6-10-17/h7-8,11,16H,2-6,9-10H2,1H3. The zero-order valence-electron chi connectivity index (χ0n) is 12.3. The van der Waals surface area contributed by atoms with E-state index in [1.165, 1.54) is 12.1 Å². The normalized spacial score (nSPS) is 15.4. The van der Waals surface area contributed by atoms with Gasteiger partial charge in [-0.2, -0.15) is 0 Å². The maximum absolute atomic E-state index is 12.7. The molecule has 21 heavy (non-hydrogen) atoms. The Morgan fingerprint density at radius 3 is 2.52 bits per heavy atom. The van der Waals surface area contributed by atoms with Gasteiger partial charge in [-0.05, 0) is 25.8 Å². The van der Waals surface area contributed by atoms with Gasteiger partial charge in [0, 0.05) is 37.5 Å². The monoisotopic (exact) mass is 291 g/mol. The molecule has 6 nitrogen and oxygen atoms in total. The molecule has 1 heterocycles. The smallest absolute Gasteiger partial charge is 0.270 e. The minimum Gasteiger partial charge on any atom is -0.385 e. The maximum Gasteiger partial charge on any atom is 0.270 e. The van der Waals surface area contributed by atoms with Crippen LogP contribution in [0, 0.1) is 10.1 Å². The highest BCUT2D eigenvalue weighted by Crippen LogP contribution is 2.24. The second-order valence-electron chi connectivity index (χ2n) is 5.22. The Kier molecular flexibility index (Phi) is 5.14. The molecule has 1 fully saturated rings. The van der Waals surface area contributed by atoms with Gasteiger partial charge in [-0.25, -0.2) is 0 Å². The number of likely N-dealkylation sites (tertiary alicyclic amines) is 1. The lowest BCUT2D eigenvalue weighted by Gasteiger charge is -2.22. The summed E-state index contributed by atoms with van der Waals surface area (Å²) in [7, 11) is 0. The number of anilines is 1. The topological polar surface area (TPSA) is 75.5 Å². The fourth-order valence-electron chi connectivity index (χ4n) is 2.61. The molecule has 0 bridgehead atoms. The van der Waals surface area contributed by atoms with E-state index in [2.05, 4.69) is 5.32 Å². The first kappa shape index (κ1) is 15.3. The molecule has 0 aromatic heterocycles. The van der Waals surface area contributed by atoms with Crippen molar-refractivity contribution in [2.24, 2.45) is 0 Å². The molecule has 0 aliphatic carbocycles. The largest absolute Gasteiger partial charge is 0.385 e. The lowest BCUT2D eigenvalue weighted by molar-refractivity contribution is -0.384. The fraction of sp³-hybridized carbons (Fsp3) is 0.533. The van der Waals surface area contributed by atoms with E-state index >= 15 is 0 Å². The van der Waals surface area contributed by atoms with E-state index in [1.54, 1.807) is 6.07 Å². The van der Waals surface area contributed by atoms with E-state index in [0.717, 1.165) is 38.8 Å². The van der Waals surface area contributed by atoms with Crippen molar-refractivity contribution in [3.8, 4) is 0 Å². The van der Waals surface area contributed by atoms with E-state index in [1.807, 2.05) is 11.8 Å². The summed E-state index contributed by atoms with van der Waals surface area (Å²) in [5, 5.41) is 14.0. The predicted molar refractivity (Wildman–Crippen MR) is 81.6 cm³/mol. The van der Waals surface area contributed by atoms with E-state index in [0.29, 0.717) is 17.8 Å². The molecule has 1 aliphatic rings. The van der Waals surface area contributed by atoms with Gasteiger partial charge in [-0.1, -0.05) is 12.8 Å². The molecule has 2 rings (SSSR count). The number of benzene rings is 1. The van der Waals surface area contributed by atoms with Crippen LogP contribution < -0.4 is 5.32 Å². The van der Waals surface area contributed by atoms with Crippen molar-refractivity contribution < 1.29 is 9.72 Å². The van der Waals surface area contributed by atoms with Crippen molar-refractivity contribution >= 4 is 17.3 Å². The van der Waals surface area contributed by atoms with Crippen LogP contribution in [0.4, 0.5) is 11.4 Å². The van der Waals surface area contributed by atoms with Crippen LogP contribution >= 0.6 is 0 Å². The van der Waals surface area contributed by atoms with Crippen LogP contribution in [0.5, 0.6) is 0 Å². The van der Waals surface area contributed by atoms with Crippen LogP contribution in [0.2, 0.25) is 0 Å². The number of amides is 1. The summed E-state index contributed by atoms with van der Waals surface area (Å²) >= 11 is 0. The van der Waals surface area contributed by atoms with Crippen molar-refractivity contribution in [1.82, 2.24) is 4.90 Å². The lowest BCUT2D eigenvalue weighted by atomic mass is 10.1. The molecule has 114 valence electrons. The number of nitro benzene ring substituents is 1. The Bertz CT molecular complexity index is 523. The molecular weight excluding hydrogens is 270 g/mol. The number of carbonyl (C=O) groups is 1. The molecule has 1 N–H and O–H groups in total. The van der Waals surface area contributed by atoms with Crippen molar-refractivity contribution in [3.05, 3.63) is 33.9 Å². The Morgan fingerprint density at radius 1 is 1.29 bits per heavy atom. The van der Waals surface area contributed by atoms with Gasteiger partial charge in [0.25, 0.3) is 11.6 Å². The van der Waals surface area contributed by atoms with Crippen LogP contribution in [-0.2, 0) is 0 Å². The zero-order valence-corrected chi connectivity index (χ0v) is 12.3. The van der Waals surface area contributed by atoms with Crippen molar-refractivity contribution in [2.75, 3.05) is 25.0 Å². The predicted octanol–water partition coefficient (Wildman–Crippen LogP) is 3.04. The summed E-state index contributed by atoms with van der Waals surface area (Å²) in [6.07, 6.45) is 4.27. The van der Waals surface area contributed by atoms with Gasteiger partial charge in [0.05, 0.1) is 10.5 Å². The van der Waals surface area contributed by atoms with Crippen LogP contribution in [-0.4, -0.2) is 35.4 Å². The summed E-state index contributed by atoms with van der Waals surface area (Å²) in [6.45, 7) is 4.06. The Morgan fingerprint density at radius 2 is 1.95 bits per heavy atom. The van der Waals surface area contributed by atoms with E-state index in [4.69, 9.17) is 0 Å². The summed E-state index contributed by atoms with van der Waals surface area (Å²) in [4.78, 5) is 25.0. The summed E-state index contributed by atoms with van der Waals surface area (Å²) in [5.74, 6) is -0.114. The third kappa shape index (κ3) is 3.71. The van der Waals surface area contributed by atoms with E-state index < -0.39 is 4.92 Å². The number of nitrogens with zero attached hydrogens (tertiary/aromatic N) is 2. The van der Waals surface area contributed by atoms with Gasteiger partial charge in [-0.15, -0.1) is 0 Å². The Balaban J connectivity index is 2.31. The highest BCUT2D eigenvalue weighted by molar-refractivity contribution is 6.00. The molecule has 1 aromatic rings. The highest BCUT2D eigenvalue weighted by Gasteiger charge is 2.22. The molecule has 1 aliphatic heterocycles. The molecule has 0 radical (unpaired) electrons. The van der Waals surface area contributed by atoms with Crippen LogP contribution in [0.1, 0.15) is 43.0 Å². The molecule has 1 amide bonds. The lowest BCUT2D eigenvalue weighted by Crippen LogP contribution is -2.32. The Labute approximate surface area is 124 Å². The number of hydrogen-bond acceptors (Lipinski definition) is 4. The van der Waals surface area contributed by atoms with Gasteiger partial charge in [-0.3, -0.25) is 14.9 Å². The van der Waals surface area contributed by atoms with Crippen molar-refractivity contribution in [3.63, 3.8) is 0 Å². The van der Waals surface area contributed by atoms with Crippen LogP contribution in [0.15, 0.2) is 18.2 Å². The van der Waals surface area contributed by atoms with Crippen molar-refractivity contribution in [1.29, 1.82) is 0 Å². The minimum absolute atomic E-state index is 0.0465. The summed E-state index contributed by atoms with van der Waals surface area (Å²) in [6, 6.07) is 4.43. The van der Waals surface area contributed by atoms with Gasteiger partial charge >= 0.3 is 0 Å². The molecule has 0 atom stereocenters. The third-order valence-electron chi connectivity index (χ3n) is 3.70. The Hall–Kier alpha value is -2.11. The zero-order chi connectivity index (χ0) is 15.2. The van der Waals surface area contributed by atoms with Gasteiger partial charge in [0.15, 0.2) is 0 Å². The molecule has 1 saturated heterocycles. The van der Waals surface area contributed by atoms with Gasteiger partial charge < -0.3 is 10.2 Å².